The molecule has 5 heteroatoms. The highest BCUT2D eigenvalue weighted by molar-refractivity contribution is 5.81. The smallest absolute Gasteiger partial charge is 0.251 e. The van der Waals surface area contributed by atoms with Gasteiger partial charge in [0.25, 0.3) is 5.91 Å². The van der Waals surface area contributed by atoms with E-state index in [-0.39, 0.29) is 12.0 Å². The lowest BCUT2D eigenvalue weighted by molar-refractivity contribution is -0.142. The first-order chi connectivity index (χ1) is 9.65. The average molecular weight is 277 g/mol. The molecule has 2 aliphatic heterocycles. The molecule has 1 amide bonds. The lowest BCUT2D eigenvalue weighted by atomic mass is 10.0. The zero-order chi connectivity index (χ0) is 14.1. The maximum Gasteiger partial charge on any atom is 0.251 e. The normalized spacial score (nSPS) is 27.0. The molecule has 0 N–H and O–H groups in total. The molecule has 0 spiro atoms. The summed E-state index contributed by atoms with van der Waals surface area (Å²) in [7, 11) is 0. The molecule has 0 saturated carbocycles. The Bertz CT molecular complexity index is 491. The Morgan fingerprint density at radius 1 is 1.35 bits per heavy atom. The summed E-state index contributed by atoms with van der Waals surface area (Å²) in [4.78, 5) is 14.4. The van der Waals surface area contributed by atoms with Crippen LogP contribution in [0.2, 0.25) is 0 Å². The number of ether oxygens (including phenoxy) is 1. The van der Waals surface area contributed by atoms with Crippen LogP contribution in [0.4, 0.5) is 0 Å². The molecule has 0 radical (unpaired) electrons. The quantitative estimate of drug-likeness (QED) is 0.828. The number of amides is 1. The van der Waals surface area contributed by atoms with Crippen LogP contribution in [0.3, 0.4) is 0 Å². The van der Waals surface area contributed by atoms with Crippen molar-refractivity contribution in [3.05, 3.63) is 17.5 Å². The van der Waals surface area contributed by atoms with Crippen molar-refractivity contribution in [2.45, 2.75) is 51.7 Å². The average Bonchev–Trinajstić information content (AvgIpc) is 3.08. The number of aromatic nitrogens is 2. The van der Waals surface area contributed by atoms with Gasteiger partial charge in [0.2, 0.25) is 0 Å². The molecule has 1 aromatic heterocycles. The Morgan fingerprint density at radius 2 is 2.20 bits per heavy atom. The summed E-state index contributed by atoms with van der Waals surface area (Å²) in [6, 6.07) is 2.41. The maximum absolute atomic E-state index is 12.4. The molecule has 0 unspecified atom stereocenters. The van der Waals surface area contributed by atoms with E-state index in [1.807, 2.05) is 11.8 Å². The van der Waals surface area contributed by atoms with Gasteiger partial charge in [-0.25, -0.2) is 0 Å². The van der Waals surface area contributed by atoms with Crippen LogP contribution in [0.1, 0.15) is 43.1 Å². The van der Waals surface area contributed by atoms with Gasteiger partial charge in [0.05, 0.1) is 11.7 Å². The second kappa shape index (κ2) is 5.56. The standard InChI is InChI=1S/C15H23N3O2/c1-11-9-12(2)18(16-11)13-5-3-7-17(10-13)15(19)14-6-4-8-20-14/h9,13-14H,3-8,10H2,1-2H3/t13-,14+/m1/s1. The summed E-state index contributed by atoms with van der Waals surface area (Å²) in [5.74, 6) is 0.175. The van der Waals surface area contributed by atoms with Crippen LogP contribution in [-0.4, -0.2) is 46.4 Å². The summed E-state index contributed by atoms with van der Waals surface area (Å²) >= 11 is 0. The maximum atomic E-state index is 12.4. The van der Waals surface area contributed by atoms with E-state index in [4.69, 9.17) is 4.74 Å². The molecule has 20 heavy (non-hydrogen) atoms. The summed E-state index contributed by atoms with van der Waals surface area (Å²) in [6.07, 6.45) is 3.82. The number of aryl methyl sites for hydroxylation is 2. The SMILES string of the molecule is Cc1cc(C)n([C@@H]2CCCN(C(=O)[C@@H]3CCCO3)C2)n1. The van der Waals surface area contributed by atoms with Crippen molar-refractivity contribution in [3.63, 3.8) is 0 Å². The Balaban J connectivity index is 1.70. The van der Waals surface area contributed by atoms with Crippen molar-refractivity contribution < 1.29 is 9.53 Å². The van der Waals surface area contributed by atoms with Gasteiger partial charge in [-0.3, -0.25) is 9.48 Å². The minimum Gasteiger partial charge on any atom is -0.368 e. The minimum atomic E-state index is -0.200. The summed E-state index contributed by atoms with van der Waals surface area (Å²) in [5.41, 5.74) is 2.23. The van der Waals surface area contributed by atoms with Gasteiger partial charge in [-0.15, -0.1) is 0 Å². The second-order valence-corrected chi connectivity index (χ2v) is 5.95. The monoisotopic (exact) mass is 277 g/mol. The van der Waals surface area contributed by atoms with Crippen molar-refractivity contribution in [1.29, 1.82) is 0 Å². The van der Waals surface area contributed by atoms with Crippen molar-refractivity contribution in [2.75, 3.05) is 19.7 Å². The van der Waals surface area contributed by atoms with E-state index in [1.54, 1.807) is 0 Å². The molecule has 2 saturated heterocycles. The number of hydrogen-bond acceptors (Lipinski definition) is 3. The number of nitrogens with zero attached hydrogens (tertiary/aromatic N) is 3. The lowest BCUT2D eigenvalue weighted by Crippen LogP contribution is -2.45. The number of likely N-dealkylation sites (tertiary alicyclic amines) is 1. The minimum absolute atomic E-state index is 0.175. The van der Waals surface area contributed by atoms with E-state index >= 15 is 0 Å². The number of hydrogen-bond donors (Lipinski definition) is 0. The molecule has 110 valence electrons. The third-order valence-corrected chi connectivity index (χ3v) is 4.30. The Kier molecular flexibility index (Phi) is 3.78. The van der Waals surface area contributed by atoms with Gasteiger partial charge in [-0.2, -0.15) is 5.10 Å². The Hall–Kier alpha value is -1.36. The fourth-order valence-corrected chi connectivity index (χ4v) is 3.35. The first kappa shape index (κ1) is 13.6. The molecule has 2 aliphatic rings. The van der Waals surface area contributed by atoms with E-state index in [9.17, 15) is 4.79 Å². The van der Waals surface area contributed by atoms with Gasteiger partial charge < -0.3 is 9.64 Å². The third-order valence-electron chi connectivity index (χ3n) is 4.30. The van der Waals surface area contributed by atoms with Crippen LogP contribution in [0, 0.1) is 13.8 Å². The van der Waals surface area contributed by atoms with E-state index in [2.05, 4.69) is 22.8 Å². The molecular weight excluding hydrogens is 254 g/mol. The molecule has 3 rings (SSSR count). The highest BCUT2D eigenvalue weighted by atomic mass is 16.5. The fourth-order valence-electron chi connectivity index (χ4n) is 3.35. The van der Waals surface area contributed by atoms with Crippen LogP contribution in [-0.2, 0) is 9.53 Å². The second-order valence-electron chi connectivity index (χ2n) is 5.95. The van der Waals surface area contributed by atoms with Crippen LogP contribution in [0.15, 0.2) is 6.07 Å². The number of carbonyl (C=O) groups excluding carboxylic acids is 1. The predicted molar refractivity (Wildman–Crippen MR) is 75.5 cm³/mol. The van der Waals surface area contributed by atoms with E-state index in [0.29, 0.717) is 6.04 Å². The van der Waals surface area contributed by atoms with Gasteiger partial charge in [0, 0.05) is 25.4 Å². The molecule has 2 atom stereocenters. The van der Waals surface area contributed by atoms with Gasteiger partial charge >= 0.3 is 0 Å². The summed E-state index contributed by atoms with van der Waals surface area (Å²) in [6.45, 7) is 6.45. The third kappa shape index (κ3) is 2.59. The van der Waals surface area contributed by atoms with Crippen molar-refractivity contribution in [3.8, 4) is 0 Å². The molecule has 2 fully saturated rings. The summed E-state index contributed by atoms with van der Waals surface area (Å²) in [5, 5.41) is 4.57. The van der Waals surface area contributed by atoms with Gasteiger partial charge in [-0.1, -0.05) is 0 Å². The molecule has 1 aromatic rings. The van der Waals surface area contributed by atoms with Crippen molar-refractivity contribution in [1.82, 2.24) is 14.7 Å². The number of carbonyl (C=O) groups is 1. The Morgan fingerprint density at radius 3 is 2.85 bits per heavy atom. The zero-order valence-corrected chi connectivity index (χ0v) is 12.3. The Labute approximate surface area is 119 Å². The van der Waals surface area contributed by atoms with Crippen LogP contribution in [0.25, 0.3) is 0 Å². The van der Waals surface area contributed by atoms with Crippen molar-refractivity contribution >= 4 is 5.91 Å². The molecule has 0 bridgehead atoms. The summed E-state index contributed by atoms with van der Waals surface area (Å²) < 4.78 is 7.61. The largest absolute Gasteiger partial charge is 0.368 e. The lowest BCUT2D eigenvalue weighted by Gasteiger charge is -2.34. The van der Waals surface area contributed by atoms with Gasteiger partial charge in [0.15, 0.2) is 0 Å². The van der Waals surface area contributed by atoms with Crippen LogP contribution >= 0.6 is 0 Å². The number of rotatable bonds is 2. The molecular formula is C15H23N3O2. The van der Waals surface area contributed by atoms with Crippen LogP contribution in [0.5, 0.6) is 0 Å². The molecule has 0 aliphatic carbocycles. The van der Waals surface area contributed by atoms with E-state index in [0.717, 1.165) is 51.1 Å². The predicted octanol–water partition coefficient (Wildman–Crippen LogP) is 1.84. The highest BCUT2D eigenvalue weighted by Gasteiger charge is 2.32. The van der Waals surface area contributed by atoms with E-state index < -0.39 is 0 Å². The number of piperidine rings is 1. The first-order valence-corrected chi connectivity index (χ1v) is 7.58. The fraction of sp³-hybridized carbons (Fsp3) is 0.733. The van der Waals surface area contributed by atoms with E-state index in [1.165, 1.54) is 5.69 Å². The first-order valence-electron chi connectivity index (χ1n) is 7.58. The van der Waals surface area contributed by atoms with Crippen molar-refractivity contribution in [2.24, 2.45) is 0 Å². The highest BCUT2D eigenvalue weighted by Crippen LogP contribution is 2.25. The molecule has 3 heterocycles. The van der Waals surface area contributed by atoms with Crippen LogP contribution < -0.4 is 0 Å². The van der Waals surface area contributed by atoms with Gasteiger partial charge in [-0.05, 0) is 45.6 Å². The molecule has 0 aromatic carbocycles. The topological polar surface area (TPSA) is 47.4 Å². The van der Waals surface area contributed by atoms with Gasteiger partial charge in [0.1, 0.15) is 6.10 Å². The zero-order valence-electron chi connectivity index (χ0n) is 12.3. The molecule has 5 nitrogen and oxygen atoms in total.